The lowest BCUT2D eigenvalue weighted by Gasteiger charge is -2.41. The fourth-order valence-corrected chi connectivity index (χ4v) is 18.6. The van der Waals surface area contributed by atoms with Gasteiger partial charge in [0.1, 0.15) is 0 Å². The Morgan fingerprint density at radius 2 is 0.846 bits per heavy atom. The molecule has 4 aromatic heterocycles. The van der Waals surface area contributed by atoms with Gasteiger partial charge in [-0.2, -0.15) is 0 Å². The third kappa shape index (κ3) is 8.40. The number of benzene rings is 12. The fraction of sp³-hybridized carbons (Fsp3) is 0.143. The standard InChI is InChI=1S/C84H66BN3S3/c1-82(2,3)52-28-35-68(60(44-52)49-19-11-10-12-20-49)88-71-47-55(86-69-36-29-53(83(4,5)6)45-61(69)62-46-54(84(7,8)9)30-37-70(62)86)31-33-64(71)85-65-34-32-56(87-66-24-16-13-21-57(66)58-22-14-17-25-67(58)87)48-77(65)91-78-43-51(42-72(88)81(78)85)50-27-38-74-63(41-50)80-76(90-74)40-39-75-79(80)59-23-15-18-26-73(59)89-75/h10-48H,1-9H3. The average molecular weight is 1220 g/mol. The van der Waals surface area contributed by atoms with Crippen molar-refractivity contribution in [3.63, 3.8) is 0 Å². The van der Waals surface area contributed by atoms with Crippen LogP contribution in [-0.2, 0) is 16.2 Å². The second-order valence-electron chi connectivity index (χ2n) is 28.5. The van der Waals surface area contributed by atoms with Gasteiger partial charge in [0.2, 0.25) is 6.71 Å². The van der Waals surface area contributed by atoms with Crippen molar-refractivity contribution in [3.8, 4) is 33.6 Å². The molecule has 0 fully saturated rings. The Labute approximate surface area is 543 Å². The summed E-state index contributed by atoms with van der Waals surface area (Å²) in [7, 11) is 0. The summed E-state index contributed by atoms with van der Waals surface area (Å²) < 4.78 is 10.3. The van der Waals surface area contributed by atoms with Crippen molar-refractivity contribution in [2.45, 2.75) is 88.3 Å². The van der Waals surface area contributed by atoms with E-state index in [1.165, 1.54) is 166 Å². The number of hydrogen-bond donors (Lipinski definition) is 0. The Morgan fingerprint density at radius 3 is 1.49 bits per heavy atom. The second kappa shape index (κ2) is 19.7. The lowest BCUT2D eigenvalue weighted by atomic mass is 9.35. The highest BCUT2D eigenvalue weighted by Crippen LogP contribution is 2.51. The predicted octanol–water partition coefficient (Wildman–Crippen LogP) is 22.6. The van der Waals surface area contributed by atoms with E-state index in [0.29, 0.717) is 0 Å². The quantitative estimate of drug-likeness (QED) is 0.159. The lowest BCUT2D eigenvalue weighted by Crippen LogP contribution is -2.59. The van der Waals surface area contributed by atoms with Crippen LogP contribution in [0.25, 0.3) is 118 Å². The van der Waals surface area contributed by atoms with Crippen LogP contribution in [-0.4, -0.2) is 15.8 Å². The zero-order valence-corrected chi connectivity index (χ0v) is 55.1. The molecule has 2 aliphatic heterocycles. The van der Waals surface area contributed by atoms with E-state index in [0.717, 1.165) is 11.4 Å². The molecule has 0 N–H and O–H groups in total. The molecule has 0 saturated carbocycles. The van der Waals surface area contributed by atoms with Gasteiger partial charge in [-0.1, -0.05) is 201 Å². The van der Waals surface area contributed by atoms with Gasteiger partial charge >= 0.3 is 0 Å². The molecule has 0 unspecified atom stereocenters. The van der Waals surface area contributed by atoms with Crippen molar-refractivity contribution in [1.29, 1.82) is 0 Å². The van der Waals surface area contributed by atoms with E-state index in [2.05, 4.69) is 313 Å². The minimum Gasteiger partial charge on any atom is -0.311 e. The van der Waals surface area contributed by atoms with E-state index in [9.17, 15) is 0 Å². The molecular formula is C84H66BN3S3. The van der Waals surface area contributed by atoms with Crippen molar-refractivity contribution in [2.24, 2.45) is 0 Å². The molecule has 6 heterocycles. The number of para-hydroxylation sites is 2. The second-order valence-corrected chi connectivity index (χ2v) is 31.7. The summed E-state index contributed by atoms with van der Waals surface area (Å²) >= 11 is 5.75. The molecule has 0 spiro atoms. The number of hydrogen-bond acceptors (Lipinski definition) is 4. The zero-order chi connectivity index (χ0) is 61.6. The summed E-state index contributed by atoms with van der Waals surface area (Å²) in [6, 6.07) is 91.5. The lowest BCUT2D eigenvalue weighted by molar-refractivity contribution is 0.590. The third-order valence-corrected chi connectivity index (χ3v) is 23.2. The van der Waals surface area contributed by atoms with Gasteiger partial charge < -0.3 is 14.0 Å². The Kier molecular flexibility index (Phi) is 11.9. The first kappa shape index (κ1) is 54.8. The maximum Gasteiger partial charge on any atom is 0.249 e. The van der Waals surface area contributed by atoms with Crippen LogP contribution in [0, 0.1) is 0 Å². The summed E-state index contributed by atoms with van der Waals surface area (Å²) in [5, 5.41) is 10.5. The first-order valence-electron chi connectivity index (χ1n) is 32.0. The molecule has 18 rings (SSSR count). The monoisotopic (exact) mass is 1220 g/mol. The van der Waals surface area contributed by atoms with E-state index in [4.69, 9.17) is 0 Å². The number of fused-ring (bicyclic) bond motifs is 17. The summed E-state index contributed by atoms with van der Waals surface area (Å²) in [5.74, 6) is 0. The average Bonchev–Trinajstić information content (AvgIpc) is 1.05. The first-order valence-corrected chi connectivity index (χ1v) is 34.4. The molecule has 7 heteroatoms. The van der Waals surface area contributed by atoms with Gasteiger partial charge in [0.25, 0.3) is 0 Å². The summed E-state index contributed by atoms with van der Waals surface area (Å²) in [6.45, 7) is 20.9. The minimum absolute atomic E-state index is 0.0197. The highest BCUT2D eigenvalue weighted by atomic mass is 32.2. The molecule has 438 valence electrons. The Hall–Kier alpha value is -9.11. The molecule has 0 bridgehead atoms. The van der Waals surface area contributed by atoms with Gasteiger partial charge in [-0.3, -0.25) is 0 Å². The van der Waals surface area contributed by atoms with E-state index in [1.54, 1.807) is 0 Å². The van der Waals surface area contributed by atoms with Crippen LogP contribution in [0.5, 0.6) is 0 Å². The zero-order valence-electron chi connectivity index (χ0n) is 52.7. The molecule has 0 radical (unpaired) electrons. The number of anilines is 3. The van der Waals surface area contributed by atoms with Gasteiger partial charge in [-0.05, 0) is 176 Å². The largest absolute Gasteiger partial charge is 0.311 e. The Morgan fingerprint density at radius 1 is 0.319 bits per heavy atom. The van der Waals surface area contributed by atoms with Crippen LogP contribution < -0.4 is 21.3 Å². The highest BCUT2D eigenvalue weighted by Gasteiger charge is 2.43. The molecule has 12 aromatic carbocycles. The maximum absolute atomic E-state index is 2.67. The molecule has 3 nitrogen and oxygen atoms in total. The molecule has 2 aliphatic rings. The van der Waals surface area contributed by atoms with Crippen molar-refractivity contribution in [1.82, 2.24) is 9.13 Å². The molecular weight excluding hydrogens is 1160 g/mol. The molecule has 0 atom stereocenters. The van der Waals surface area contributed by atoms with Crippen LogP contribution >= 0.6 is 34.4 Å². The smallest absolute Gasteiger partial charge is 0.249 e. The van der Waals surface area contributed by atoms with Crippen LogP contribution in [0.3, 0.4) is 0 Å². The Bertz CT molecular complexity index is 5650. The summed E-state index contributed by atoms with van der Waals surface area (Å²) in [4.78, 5) is 5.23. The van der Waals surface area contributed by atoms with Gasteiger partial charge in [0.05, 0.1) is 27.8 Å². The van der Waals surface area contributed by atoms with Crippen molar-refractivity contribution >= 4 is 159 Å². The van der Waals surface area contributed by atoms with Gasteiger partial charge in [0, 0.05) is 100.0 Å². The first-order chi connectivity index (χ1) is 44.0. The minimum atomic E-state index is -0.0841. The van der Waals surface area contributed by atoms with Crippen LogP contribution in [0.15, 0.2) is 246 Å². The van der Waals surface area contributed by atoms with Crippen LogP contribution in [0.1, 0.15) is 79.0 Å². The van der Waals surface area contributed by atoms with Crippen molar-refractivity contribution in [3.05, 3.63) is 253 Å². The number of rotatable bonds is 5. The molecule has 0 saturated heterocycles. The van der Waals surface area contributed by atoms with Crippen molar-refractivity contribution < 1.29 is 0 Å². The van der Waals surface area contributed by atoms with Gasteiger partial charge in [-0.25, -0.2) is 0 Å². The predicted molar refractivity (Wildman–Crippen MR) is 398 cm³/mol. The van der Waals surface area contributed by atoms with E-state index >= 15 is 0 Å². The highest BCUT2D eigenvalue weighted by molar-refractivity contribution is 8.00. The van der Waals surface area contributed by atoms with Gasteiger partial charge in [-0.15, -0.1) is 22.7 Å². The molecule has 16 aromatic rings. The van der Waals surface area contributed by atoms with E-state index < -0.39 is 0 Å². The molecule has 0 amide bonds. The topological polar surface area (TPSA) is 13.1 Å². The summed E-state index contributed by atoms with van der Waals surface area (Å²) in [5.41, 5.74) is 23.3. The number of nitrogens with zero attached hydrogens (tertiary/aromatic N) is 3. The van der Waals surface area contributed by atoms with Crippen LogP contribution in [0.4, 0.5) is 17.1 Å². The molecule has 91 heavy (non-hydrogen) atoms. The SMILES string of the molecule is CC(C)(C)c1ccc(N2c3cc(-n4c5ccc(C(C)(C)C)cc5c5cc(C(C)(C)C)ccc54)ccc3B3c4ccc(-n5c6ccccc6c6ccccc65)cc4Sc4cc(-c5ccc6sc7ccc8sc9ccccc9c8c7c6c5)cc2c43)c(-c2ccccc2)c1. The maximum atomic E-state index is 2.67. The third-order valence-electron chi connectivity index (χ3n) is 19.8. The van der Waals surface area contributed by atoms with Gasteiger partial charge in [0.15, 0.2) is 0 Å². The fourth-order valence-electron chi connectivity index (χ4n) is 15.2. The Balaban J connectivity index is 0.936. The normalized spacial score (nSPS) is 13.5. The van der Waals surface area contributed by atoms with E-state index in [-0.39, 0.29) is 23.0 Å². The summed E-state index contributed by atoms with van der Waals surface area (Å²) in [6.07, 6.45) is 0. The molecule has 0 aliphatic carbocycles. The number of aromatic nitrogens is 2. The van der Waals surface area contributed by atoms with Crippen LogP contribution in [0.2, 0.25) is 0 Å². The van der Waals surface area contributed by atoms with E-state index in [1.807, 2.05) is 34.4 Å². The van der Waals surface area contributed by atoms with Crippen molar-refractivity contribution in [2.75, 3.05) is 4.90 Å². The number of thiophene rings is 2.